The molecule has 0 saturated carbocycles. The van der Waals surface area contributed by atoms with Crippen molar-refractivity contribution in [3.63, 3.8) is 0 Å². The third kappa shape index (κ3) is 3.36. The van der Waals surface area contributed by atoms with Gasteiger partial charge in [0.2, 0.25) is 0 Å². The van der Waals surface area contributed by atoms with Gasteiger partial charge in [0.05, 0.1) is 12.6 Å². The normalized spacial score (nSPS) is 22.1. The molecule has 0 amide bonds. The van der Waals surface area contributed by atoms with Gasteiger partial charge in [0.15, 0.2) is 5.11 Å². The summed E-state index contributed by atoms with van der Waals surface area (Å²) in [6, 6.07) is 3.65. The number of thiocarbonyl (C=S) groups is 1. The van der Waals surface area contributed by atoms with Gasteiger partial charge in [0.1, 0.15) is 12.5 Å². The molecule has 0 spiro atoms. The van der Waals surface area contributed by atoms with Crippen LogP contribution in [-0.2, 0) is 14.3 Å². The van der Waals surface area contributed by atoms with Crippen LogP contribution in [0.3, 0.4) is 0 Å². The summed E-state index contributed by atoms with van der Waals surface area (Å²) in [6.45, 7) is 4.48. The summed E-state index contributed by atoms with van der Waals surface area (Å²) in [5.74, 6) is -0.856. The maximum Gasteiger partial charge on any atom is 0.317 e. The second-order valence-corrected chi connectivity index (χ2v) is 5.64. The van der Waals surface area contributed by atoms with Crippen LogP contribution in [0.1, 0.15) is 10.9 Å². The first kappa shape index (κ1) is 15.0. The van der Waals surface area contributed by atoms with Gasteiger partial charge < -0.3 is 20.1 Å². The number of carbonyl (C=O) groups is 1. The molecule has 20 heavy (non-hydrogen) atoms. The van der Waals surface area contributed by atoms with Crippen LogP contribution in [0.2, 0.25) is 0 Å². The maximum atomic E-state index is 12.2. The zero-order valence-electron chi connectivity index (χ0n) is 11.0. The Balaban J connectivity index is 2.15. The lowest BCUT2D eigenvalue weighted by atomic mass is 9.93. The summed E-state index contributed by atoms with van der Waals surface area (Å²) in [6.07, 6.45) is 0. The van der Waals surface area contributed by atoms with E-state index in [1.54, 1.807) is 18.4 Å². The van der Waals surface area contributed by atoms with E-state index in [4.69, 9.17) is 21.7 Å². The van der Waals surface area contributed by atoms with Crippen LogP contribution in [0.15, 0.2) is 29.8 Å². The van der Waals surface area contributed by atoms with Gasteiger partial charge in [0.25, 0.3) is 0 Å². The molecule has 0 bridgehead atoms. The number of carbonyl (C=O) groups excluding carboxylic acids is 1. The standard InChI is InChI=1S/C13H16N2O3S2/c1-8-10(12(16)18-6-5-17-2)11(15-13(19)14-8)9-4-3-7-20-9/h3-4,7,10-11H,1,5-6H2,2H3,(H2,14,15,19)/t10-,11+/m1/s1. The van der Waals surface area contributed by atoms with Gasteiger partial charge in [-0.15, -0.1) is 11.3 Å². The van der Waals surface area contributed by atoms with E-state index in [9.17, 15) is 4.79 Å². The highest BCUT2D eigenvalue weighted by Crippen LogP contribution is 2.32. The molecule has 108 valence electrons. The fraction of sp³-hybridized carbons (Fsp3) is 0.385. The molecule has 2 N–H and O–H groups in total. The SMILES string of the molecule is C=C1NC(=S)N[C@@H](c2cccs2)[C@@H]1C(=O)OCCOC. The van der Waals surface area contributed by atoms with Crippen molar-refractivity contribution in [3.8, 4) is 0 Å². The zero-order valence-corrected chi connectivity index (χ0v) is 12.7. The predicted octanol–water partition coefficient (Wildman–Crippen LogP) is 1.59. The van der Waals surface area contributed by atoms with E-state index in [0.29, 0.717) is 17.4 Å². The molecular weight excluding hydrogens is 296 g/mol. The Labute approximate surface area is 127 Å². The van der Waals surface area contributed by atoms with Crippen molar-refractivity contribution in [1.29, 1.82) is 0 Å². The molecule has 0 aromatic carbocycles. The van der Waals surface area contributed by atoms with Gasteiger partial charge in [-0.05, 0) is 23.7 Å². The summed E-state index contributed by atoms with van der Waals surface area (Å²) in [4.78, 5) is 13.3. The van der Waals surface area contributed by atoms with E-state index >= 15 is 0 Å². The van der Waals surface area contributed by atoms with E-state index in [1.807, 2.05) is 17.5 Å². The van der Waals surface area contributed by atoms with Crippen LogP contribution in [0.5, 0.6) is 0 Å². The van der Waals surface area contributed by atoms with Gasteiger partial charge in [0, 0.05) is 17.7 Å². The Kier molecular flexibility index (Phi) is 5.11. The highest BCUT2D eigenvalue weighted by Gasteiger charge is 2.38. The molecule has 2 atom stereocenters. The molecule has 1 aliphatic rings. The quantitative estimate of drug-likeness (QED) is 0.489. The summed E-state index contributed by atoms with van der Waals surface area (Å²) in [7, 11) is 1.56. The van der Waals surface area contributed by atoms with Gasteiger partial charge in [-0.25, -0.2) is 0 Å². The number of hydrogen-bond donors (Lipinski definition) is 2. The molecule has 1 aromatic heterocycles. The third-order valence-electron chi connectivity index (χ3n) is 2.90. The van der Waals surface area contributed by atoms with Gasteiger partial charge in [-0.3, -0.25) is 4.79 Å². The maximum absolute atomic E-state index is 12.2. The molecule has 1 aliphatic heterocycles. The molecule has 2 rings (SSSR count). The van der Waals surface area contributed by atoms with E-state index in [0.717, 1.165) is 4.88 Å². The van der Waals surface area contributed by atoms with Crippen LogP contribution in [-0.4, -0.2) is 31.4 Å². The topological polar surface area (TPSA) is 59.6 Å². The number of hydrogen-bond acceptors (Lipinski definition) is 5. The monoisotopic (exact) mass is 312 g/mol. The minimum Gasteiger partial charge on any atom is -0.463 e. The fourth-order valence-corrected chi connectivity index (χ4v) is 3.05. The lowest BCUT2D eigenvalue weighted by Crippen LogP contribution is -2.50. The second-order valence-electron chi connectivity index (χ2n) is 4.25. The van der Waals surface area contributed by atoms with Crippen molar-refractivity contribution >= 4 is 34.6 Å². The first-order chi connectivity index (χ1) is 9.63. The van der Waals surface area contributed by atoms with E-state index in [-0.39, 0.29) is 18.6 Å². The lowest BCUT2D eigenvalue weighted by Gasteiger charge is -2.34. The summed E-state index contributed by atoms with van der Waals surface area (Å²) < 4.78 is 10.1. The van der Waals surface area contributed by atoms with E-state index < -0.39 is 5.92 Å². The highest BCUT2D eigenvalue weighted by atomic mass is 32.1. The molecule has 1 saturated heterocycles. The van der Waals surface area contributed by atoms with Crippen LogP contribution in [0, 0.1) is 5.92 Å². The Morgan fingerprint density at radius 2 is 2.35 bits per heavy atom. The molecule has 1 aromatic rings. The smallest absolute Gasteiger partial charge is 0.317 e. The second kappa shape index (κ2) is 6.83. The van der Waals surface area contributed by atoms with Crippen molar-refractivity contribution < 1.29 is 14.3 Å². The predicted molar refractivity (Wildman–Crippen MR) is 81.4 cm³/mol. The van der Waals surface area contributed by atoms with Crippen molar-refractivity contribution in [1.82, 2.24) is 10.6 Å². The largest absolute Gasteiger partial charge is 0.463 e. The Bertz CT molecular complexity index is 502. The highest BCUT2D eigenvalue weighted by molar-refractivity contribution is 7.80. The number of rotatable bonds is 5. The van der Waals surface area contributed by atoms with E-state index in [1.165, 1.54) is 0 Å². The minimum absolute atomic E-state index is 0.223. The Morgan fingerprint density at radius 1 is 1.55 bits per heavy atom. The number of esters is 1. The minimum atomic E-state index is -0.516. The molecule has 1 fully saturated rings. The lowest BCUT2D eigenvalue weighted by molar-refractivity contribution is -0.149. The Hall–Kier alpha value is -1.44. The average Bonchev–Trinajstić information content (AvgIpc) is 2.91. The van der Waals surface area contributed by atoms with Gasteiger partial charge in [-0.1, -0.05) is 12.6 Å². The number of methoxy groups -OCH3 is 1. The van der Waals surface area contributed by atoms with Gasteiger partial charge >= 0.3 is 5.97 Å². The molecule has 2 heterocycles. The first-order valence-electron chi connectivity index (χ1n) is 6.08. The summed E-state index contributed by atoms with van der Waals surface area (Å²) in [5, 5.41) is 8.42. The van der Waals surface area contributed by atoms with Crippen LogP contribution >= 0.6 is 23.6 Å². The average molecular weight is 312 g/mol. The number of ether oxygens (including phenoxy) is 2. The molecule has 5 nitrogen and oxygen atoms in total. The number of nitrogens with one attached hydrogen (secondary N) is 2. The molecular formula is C13H16N2O3S2. The van der Waals surface area contributed by atoms with Crippen molar-refractivity contribution in [2.75, 3.05) is 20.3 Å². The molecule has 0 radical (unpaired) electrons. The van der Waals surface area contributed by atoms with Crippen LogP contribution in [0.4, 0.5) is 0 Å². The van der Waals surface area contributed by atoms with Crippen LogP contribution in [0.25, 0.3) is 0 Å². The van der Waals surface area contributed by atoms with Gasteiger partial charge in [-0.2, -0.15) is 0 Å². The third-order valence-corrected chi connectivity index (χ3v) is 4.08. The molecule has 7 heteroatoms. The molecule has 0 aliphatic carbocycles. The summed E-state index contributed by atoms with van der Waals surface area (Å²) >= 11 is 6.69. The number of thiophene rings is 1. The van der Waals surface area contributed by atoms with Crippen molar-refractivity contribution in [2.24, 2.45) is 5.92 Å². The Morgan fingerprint density at radius 3 is 3.00 bits per heavy atom. The zero-order chi connectivity index (χ0) is 14.5. The fourth-order valence-electron chi connectivity index (χ4n) is 1.98. The van der Waals surface area contributed by atoms with Crippen LogP contribution < -0.4 is 10.6 Å². The first-order valence-corrected chi connectivity index (χ1v) is 7.37. The van der Waals surface area contributed by atoms with E-state index in [2.05, 4.69) is 17.2 Å². The molecule has 0 unspecified atom stereocenters. The summed E-state index contributed by atoms with van der Waals surface area (Å²) in [5.41, 5.74) is 0.551. The van der Waals surface area contributed by atoms with Crippen molar-refractivity contribution in [2.45, 2.75) is 6.04 Å². The van der Waals surface area contributed by atoms with Crippen molar-refractivity contribution in [3.05, 3.63) is 34.7 Å².